The summed E-state index contributed by atoms with van der Waals surface area (Å²) in [4.78, 5) is 12.4. The van der Waals surface area contributed by atoms with E-state index >= 15 is 0 Å². The first-order valence-corrected chi connectivity index (χ1v) is 7.75. The predicted octanol–water partition coefficient (Wildman–Crippen LogP) is 2.77. The Labute approximate surface area is 135 Å². The zero-order chi connectivity index (χ0) is 16.2. The van der Waals surface area contributed by atoms with Crippen LogP contribution in [0, 0.1) is 0 Å². The minimum atomic E-state index is -0.378. The number of benzene rings is 1. The van der Waals surface area contributed by atoms with Gasteiger partial charge in [0.1, 0.15) is 0 Å². The number of carbonyl (C=O) groups is 1. The van der Waals surface area contributed by atoms with Crippen LogP contribution in [0.15, 0.2) is 36.5 Å². The lowest BCUT2D eigenvalue weighted by Crippen LogP contribution is -2.53. The molecule has 0 aliphatic carbocycles. The average molecular weight is 321 g/mol. The monoisotopic (exact) mass is 320 g/mol. The fraction of sp³-hybridized carbons (Fsp3) is 0.375. The third kappa shape index (κ3) is 3.48. The van der Waals surface area contributed by atoms with Crippen molar-refractivity contribution in [2.45, 2.75) is 32.2 Å². The first kappa shape index (κ1) is 16.5. The van der Waals surface area contributed by atoms with E-state index in [2.05, 4.69) is 10.4 Å². The van der Waals surface area contributed by atoms with Crippen LogP contribution in [0.4, 0.5) is 0 Å². The van der Waals surface area contributed by atoms with Gasteiger partial charge in [0, 0.05) is 17.8 Å². The van der Waals surface area contributed by atoms with E-state index in [-0.39, 0.29) is 11.4 Å². The molecule has 5 nitrogen and oxygen atoms in total. The van der Waals surface area contributed by atoms with E-state index in [1.807, 2.05) is 26.0 Å². The number of nitrogens with two attached hydrogens (primary N) is 1. The van der Waals surface area contributed by atoms with Gasteiger partial charge in [-0.25, -0.2) is 4.68 Å². The summed E-state index contributed by atoms with van der Waals surface area (Å²) in [5.41, 5.74) is 6.60. The van der Waals surface area contributed by atoms with Gasteiger partial charge in [-0.15, -0.1) is 0 Å². The van der Waals surface area contributed by atoms with Gasteiger partial charge in [0.15, 0.2) is 5.69 Å². The summed E-state index contributed by atoms with van der Waals surface area (Å²) in [6.45, 7) is 4.43. The van der Waals surface area contributed by atoms with Gasteiger partial charge in [-0.2, -0.15) is 5.10 Å². The normalized spacial score (nSPS) is 11.5. The van der Waals surface area contributed by atoms with Gasteiger partial charge in [-0.1, -0.05) is 31.5 Å². The van der Waals surface area contributed by atoms with Gasteiger partial charge >= 0.3 is 0 Å². The number of hydrogen-bond donors (Lipinski definition) is 2. The molecule has 3 N–H and O–H groups in total. The van der Waals surface area contributed by atoms with E-state index in [4.69, 9.17) is 17.3 Å². The molecule has 2 rings (SSSR count). The van der Waals surface area contributed by atoms with Crippen molar-refractivity contribution in [1.29, 1.82) is 0 Å². The highest BCUT2D eigenvalue weighted by molar-refractivity contribution is 6.30. The number of aromatic nitrogens is 2. The number of halogens is 1. The maximum absolute atomic E-state index is 12.4. The number of amides is 1. The van der Waals surface area contributed by atoms with Gasteiger partial charge in [-0.3, -0.25) is 4.79 Å². The van der Waals surface area contributed by atoms with Crippen LogP contribution >= 0.6 is 11.6 Å². The Bertz CT molecular complexity index is 641. The number of nitrogens with one attached hydrogen (secondary N) is 1. The topological polar surface area (TPSA) is 72.9 Å². The molecule has 2 aromatic rings. The molecular weight excluding hydrogens is 300 g/mol. The quantitative estimate of drug-likeness (QED) is 0.859. The second-order valence-corrected chi connectivity index (χ2v) is 5.71. The molecule has 1 amide bonds. The summed E-state index contributed by atoms with van der Waals surface area (Å²) in [7, 11) is 0. The summed E-state index contributed by atoms with van der Waals surface area (Å²) in [6, 6.07) is 8.98. The number of carbonyl (C=O) groups excluding carboxylic acids is 1. The van der Waals surface area contributed by atoms with Crippen LogP contribution in [-0.4, -0.2) is 27.8 Å². The number of hydrogen-bond acceptors (Lipinski definition) is 3. The largest absolute Gasteiger partial charge is 0.344 e. The van der Waals surface area contributed by atoms with Crippen LogP contribution in [-0.2, 0) is 0 Å². The summed E-state index contributed by atoms with van der Waals surface area (Å²) in [5.74, 6) is -0.213. The fourth-order valence-electron chi connectivity index (χ4n) is 2.28. The van der Waals surface area contributed by atoms with E-state index in [0.29, 0.717) is 17.3 Å². The van der Waals surface area contributed by atoms with Gasteiger partial charge in [0.25, 0.3) is 5.91 Å². The predicted molar refractivity (Wildman–Crippen MR) is 88.4 cm³/mol. The fourth-order valence-corrected chi connectivity index (χ4v) is 2.46. The van der Waals surface area contributed by atoms with Crippen LogP contribution in [0.3, 0.4) is 0 Å². The molecule has 0 spiro atoms. The lowest BCUT2D eigenvalue weighted by molar-refractivity contribution is 0.0889. The SMILES string of the molecule is CCC(CC)(CN)NC(=O)c1ccn(-c2cccc(Cl)c2)n1. The Morgan fingerprint density at radius 3 is 2.68 bits per heavy atom. The molecule has 0 aliphatic heterocycles. The molecule has 0 atom stereocenters. The molecule has 0 fully saturated rings. The summed E-state index contributed by atoms with van der Waals surface area (Å²) < 4.78 is 1.63. The Morgan fingerprint density at radius 1 is 1.36 bits per heavy atom. The third-order valence-corrected chi connectivity index (χ3v) is 4.25. The highest BCUT2D eigenvalue weighted by atomic mass is 35.5. The molecule has 6 heteroatoms. The smallest absolute Gasteiger partial charge is 0.272 e. The molecule has 0 radical (unpaired) electrons. The summed E-state index contributed by atoms with van der Waals surface area (Å²) in [5, 5.41) is 7.94. The van der Waals surface area contributed by atoms with Crippen molar-refractivity contribution in [3.63, 3.8) is 0 Å². The van der Waals surface area contributed by atoms with Crippen molar-refractivity contribution in [3.8, 4) is 5.69 Å². The summed E-state index contributed by atoms with van der Waals surface area (Å²) in [6.07, 6.45) is 3.30. The van der Waals surface area contributed by atoms with E-state index < -0.39 is 0 Å². The van der Waals surface area contributed by atoms with Gasteiger partial charge in [0.05, 0.1) is 11.2 Å². The zero-order valence-electron chi connectivity index (χ0n) is 12.8. The molecule has 1 aromatic heterocycles. The molecule has 118 valence electrons. The van der Waals surface area contributed by atoms with Gasteiger partial charge < -0.3 is 11.1 Å². The molecule has 1 aromatic carbocycles. The lowest BCUT2D eigenvalue weighted by atomic mass is 9.93. The molecule has 0 saturated heterocycles. The standard InChI is InChI=1S/C16H21ClN4O/c1-3-16(4-2,11-18)19-15(22)14-8-9-21(20-14)13-7-5-6-12(17)10-13/h5-10H,3-4,11,18H2,1-2H3,(H,19,22). The Balaban J connectivity index is 2.19. The molecule has 0 saturated carbocycles. The molecule has 1 heterocycles. The zero-order valence-corrected chi connectivity index (χ0v) is 13.6. The Morgan fingerprint density at radius 2 is 2.09 bits per heavy atom. The highest BCUT2D eigenvalue weighted by Gasteiger charge is 2.27. The van der Waals surface area contributed by atoms with Gasteiger partial charge in [-0.05, 0) is 37.1 Å². The van der Waals surface area contributed by atoms with Crippen molar-refractivity contribution in [2.75, 3.05) is 6.54 Å². The minimum absolute atomic E-state index is 0.213. The van der Waals surface area contributed by atoms with Crippen LogP contribution in [0.1, 0.15) is 37.2 Å². The Hall–Kier alpha value is -1.85. The minimum Gasteiger partial charge on any atom is -0.344 e. The maximum atomic E-state index is 12.4. The van der Waals surface area contributed by atoms with E-state index in [9.17, 15) is 4.79 Å². The second kappa shape index (κ2) is 6.94. The molecule has 0 bridgehead atoms. The molecular formula is C16H21ClN4O. The van der Waals surface area contributed by atoms with Crippen molar-refractivity contribution in [3.05, 3.63) is 47.2 Å². The molecule has 0 aliphatic rings. The number of rotatable bonds is 6. The van der Waals surface area contributed by atoms with E-state index in [0.717, 1.165) is 18.5 Å². The highest BCUT2D eigenvalue weighted by Crippen LogP contribution is 2.16. The van der Waals surface area contributed by atoms with Crippen LogP contribution < -0.4 is 11.1 Å². The average Bonchev–Trinajstić information content (AvgIpc) is 3.03. The van der Waals surface area contributed by atoms with Crippen molar-refractivity contribution in [2.24, 2.45) is 5.73 Å². The third-order valence-electron chi connectivity index (χ3n) is 4.02. The first-order valence-electron chi connectivity index (χ1n) is 7.38. The van der Waals surface area contributed by atoms with Gasteiger partial charge in [0.2, 0.25) is 0 Å². The van der Waals surface area contributed by atoms with Crippen LogP contribution in [0.5, 0.6) is 0 Å². The summed E-state index contributed by atoms with van der Waals surface area (Å²) >= 11 is 5.97. The maximum Gasteiger partial charge on any atom is 0.272 e. The van der Waals surface area contributed by atoms with E-state index in [1.54, 1.807) is 29.1 Å². The lowest BCUT2D eigenvalue weighted by Gasteiger charge is -2.31. The molecule has 22 heavy (non-hydrogen) atoms. The van der Waals surface area contributed by atoms with E-state index in [1.165, 1.54) is 0 Å². The second-order valence-electron chi connectivity index (χ2n) is 5.27. The van der Waals surface area contributed by atoms with Crippen LogP contribution in [0.2, 0.25) is 5.02 Å². The number of nitrogens with zero attached hydrogens (tertiary/aromatic N) is 2. The van der Waals surface area contributed by atoms with Crippen molar-refractivity contribution < 1.29 is 4.79 Å². The van der Waals surface area contributed by atoms with Crippen molar-refractivity contribution in [1.82, 2.24) is 15.1 Å². The van der Waals surface area contributed by atoms with Crippen LogP contribution in [0.25, 0.3) is 5.69 Å². The Kier molecular flexibility index (Phi) is 5.21. The van der Waals surface area contributed by atoms with Crippen molar-refractivity contribution >= 4 is 17.5 Å². The molecule has 0 unspecified atom stereocenters. The first-order chi connectivity index (χ1) is 10.5.